The molecule has 0 aliphatic rings. The number of nitrogens with zero attached hydrogens (tertiary/aromatic N) is 2. The van der Waals surface area contributed by atoms with Gasteiger partial charge in [-0.2, -0.15) is 0 Å². The molecule has 0 N–H and O–H groups in total. The first kappa shape index (κ1) is 18.7. The highest BCUT2D eigenvalue weighted by Crippen LogP contribution is 2.17. The van der Waals surface area contributed by atoms with Gasteiger partial charge in [0.25, 0.3) is 5.56 Å². The van der Waals surface area contributed by atoms with Crippen LogP contribution >= 0.6 is 0 Å². The van der Waals surface area contributed by atoms with Crippen LogP contribution in [0.3, 0.4) is 0 Å². The van der Waals surface area contributed by atoms with Crippen molar-refractivity contribution in [2.75, 3.05) is 7.11 Å². The van der Waals surface area contributed by atoms with Crippen molar-refractivity contribution >= 4 is 10.9 Å². The molecular formula is C24H22N2O3. The molecule has 0 aliphatic heterocycles. The van der Waals surface area contributed by atoms with Gasteiger partial charge in [0, 0.05) is 0 Å². The van der Waals surface area contributed by atoms with Gasteiger partial charge in [-0.25, -0.2) is 9.36 Å². The van der Waals surface area contributed by atoms with E-state index in [9.17, 15) is 9.59 Å². The highest BCUT2D eigenvalue weighted by Gasteiger charge is 2.15. The normalized spacial score (nSPS) is 11.0. The summed E-state index contributed by atoms with van der Waals surface area (Å²) in [6, 6.07) is 20.4. The van der Waals surface area contributed by atoms with Gasteiger partial charge in [-0.15, -0.1) is 0 Å². The van der Waals surface area contributed by atoms with Crippen LogP contribution in [-0.2, 0) is 6.54 Å². The Balaban J connectivity index is 1.99. The van der Waals surface area contributed by atoms with E-state index in [1.807, 2.05) is 32.0 Å². The van der Waals surface area contributed by atoms with Crippen molar-refractivity contribution in [3.8, 4) is 11.4 Å². The van der Waals surface area contributed by atoms with Crippen LogP contribution in [0, 0.1) is 13.8 Å². The number of para-hydroxylation sites is 1. The molecule has 4 aromatic rings. The molecule has 0 saturated carbocycles. The third-order valence-corrected chi connectivity index (χ3v) is 5.21. The Morgan fingerprint density at radius 2 is 1.62 bits per heavy atom. The number of rotatable bonds is 4. The maximum Gasteiger partial charge on any atom is 0.336 e. The SMILES string of the molecule is COc1ccc(-n2c(=O)c3ccccc3n(Cc3cc(C)ccc3C)c2=O)cc1. The third-order valence-electron chi connectivity index (χ3n) is 5.21. The summed E-state index contributed by atoms with van der Waals surface area (Å²) in [6.07, 6.45) is 0. The number of ether oxygens (including phenoxy) is 1. The van der Waals surface area contributed by atoms with Crippen molar-refractivity contribution in [2.45, 2.75) is 20.4 Å². The van der Waals surface area contributed by atoms with E-state index in [2.05, 4.69) is 18.2 Å². The van der Waals surface area contributed by atoms with Crippen LogP contribution in [0.4, 0.5) is 0 Å². The molecule has 0 spiro atoms. The van der Waals surface area contributed by atoms with E-state index in [4.69, 9.17) is 4.74 Å². The van der Waals surface area contributed by atoms with Crippen molar-refractivity contribution in [2.24, 2.45) is 0 Å². The summed E-state index contributed by atoms with van der Waals surface area (Å²) in [4.78, 5) is 26.6. The molecule has 0 amide bonds. The molecular weight excluding hydrogens is 364 g/mol. The molecule has 0 unspecified atom stereocenters. The van der Waals surface area contributed by atoms with E-state index >= 15 is 0 Å². The first-order valence-corrected chi connectivity index (χ1v) is 9.45. The second-order valence-corrected chi connectivity index (χ2v) is 7.15. The Labute approximate surface area is 168 Å². The Morgan fingerprint density at radius 1 is 0.897 bits per heavy atom. The van der Waals surface area contributed by atoms with Crippen LogP contribution in [0.2, 0.25) is 0 Å². The first-order chi connectivity index (χ1) is 14.0. The minimum Gasteiger partial charge on any atom is -0.497 e. The molecule has 0 atom stereocenters. The second-order valence-electron chi connectivity index (χ2n) is 7.15. The molecule has 29 heavy (non-hydrogen) atoms. The predicted molar refractivity (Wildman–Crippen MR) is 115 cm³/mol. The number of hydrogen-bond acceptors (Lipinski definition) is 3. The van der Waals surface area contributed by atoms with Gasteiger partial charge in [0.1, 0.15) is 5.75 Å². The smallest absolute Gasteiger partial charge is 0.336 e. The van der Waals surface area contributed by atoms with Gasteiger partial charge in [0.15, 0.2) is 0 Å². The van der Waals surface area contributed by atoms with Crippen LogP contribution in [0.5, 0.6) is 5.75 Å². The summed E-state index contributed by atoms with van der Waals surface area (Å²) < 4.78 is 8.09. The molecule has 1 heterocycles. The zero-order valence-electron chi connectivity index (χ0n) is 16.7. The molecule has 146 valence electrons. The number of aryl methyl sites for hydroxylation is 2. The van der Waals surface area contributed by atoms with Crippen molar-refractivity contribution in [3.05, 3.63) is 104 Å². The average molecular weight is 386 g/mol. The zero-order valence-corrected chi connectivity index (χ0v) is 16.7. The van der Waals surface area contributed by atoms with E-state index in [0.29, 0.717) is 28.9 Å². The fourth-order valence-corrected chi connectivity index (χ4v) is 3.57. The van der Waals surface area contributed by atoms with E-state index in [1.54, 1.807) is 42.0 Å². The monoisotopic (exact) mass is 386 g/mol. The molecule has 5 nitrogen and oxygen atoms in total. The molecule has 0 aliphatic carbocycles. The lowest BCUT2D eigenvalue weighted by molar-refractivity contribution is 0.414. The Kier molecular flexibility index (Phi) is 4.80. The third kappa shape index (κ3) is 3.36. The Hall–Kier alpha value is -3.60. The number of benzene rings is 3. The minimum absolute atomic E-state index is 0.326. The lowest BCUT2D eigenvalue weighted by Gasteiger charge is -2.16. The van der Waals surface area contributed by atoms with Crippen LogP contribution in [0.25, 0.3) is 16.6 Å². The molecule has 4 rings (SSSR count). The van der Waals surface area contributed by atoms with Crippen LogP contribution in [0.15, 0.2) is 76.3 Å². The molecule has 3 aromatic carbocycles. The number of aromatic nitrogens is 2. The van der Waals surface area contributed by atoms with Gasteiger partial charge >= 0.3 is 5.69 Å². The topological polar surface area (TPSA) is 53.2 Å². The summed E-state index contributed by atoms with van der Waals surface area (Å²) in [5, 5.41) is 0.508. The van der Waals surface area contributed by atoms with Crippen molar-refractivity contribution in [1.29, 1.82) is 0 Å². The lowest BCUT2D eigenvalue weighted by Crippen LogP contribution is -2.39. The van der Waals surface area contributed by atoms with Crippen LogP contribution in [-0.4, -0.2) is 16.2 Å². The van der Waals surface area contributed by atoms with Crippen molar-refractivity contribution < 1.29 is 4.74 Å². The Bertz CT molecular complexity index is 1320. The summed E-state index contributed by atoms with van der Waals surface area (Å²) >= 11 is 0. The van der Waals surface area contributed by atoms with Gasteiger partial charge in [-0.3, -0.25) is 9.36 Å². The highest BCUT2D eigenvalue weighted by atomic mass is 16.5. The second kappa shape index (κ2) is 7.43. The number of fused-ring (bicyclic) bond motifs is 1. The standard InChI is InChI=1S/C24H22N2O3/c1-16-8-9-17(2)18(14-16)15-25-22-7-5-4-6-21(22)23(27)26(24(25)28)19-10-12-20(29-3)13-11-19/h4-14H,15H2,1-3H3. The number of hydrogen-bond donors (Lipinski definition) is 0. The quantitative estimate of drug-likeness (QED) is 0.536. The van der Waals surface area contributed by atoms with Crippen LogP contribution < -0.4 is 16.0 Å². The largest absolute Gasteiger partial charge is 0.497 e. The maximum absolute atomic E-state index is 13.5. The van der Waals surface area contributed by atoms with E-state index in [0.717, 1.165) is 16.7 Å². The molecule has 0 saturated heterocycles. The van der Waals surface area contributed by atoms with Gasteiger partial charge in [0.05, 0.1) is 30.2 Å². The molecule has 1 aromatic heterocycles. The minimum atomic E-state index is -0.361. The number of methoxy groups -OCH3 is 1. The zero-order chi connectivity index (χ0) is 20.5. The molecule has 0 radical (unpaired) electrons. The highest BCUT2D eigenvalue weighted by molar-refractivity contribution is 5.78. The van der Waals surface area contributed by atoms with E-state index in [1.165, 1.54) is 4.57 Å². The van der Waals surface area contributed by atoms with Crippen LogP contribution in [0.1, 0.15) is 16.7 Å². The van der Waals surface area contributed by atoms with Gasteiger partial charge < -0.3 is 4.74 Å². The summed E-state index contributed by atoms with van der Waals surface area (Å²) in [5.41, 5.74) is 3.75. The average Bonchev–Trinajstić information content (AvgIpc) is 2.74. The van der Waals surface area contributed by atoms with E-state index < -0.39 is 0 Å². The molecule has 5 heteroatoms. The fourth-order valence-electron chi connectivity index (χ4n) is 3.57. The Morgan fingerprint density at radius 3 is 2.34 bits per heavy atom. The predicted octanol–water partition coefficient (Wildman–Crippen LogP) is 3.83. The van der Waals surface area contributed by atoms with Gasteiger partial charge in [0.2, 0.25) is 0 Å². The van der Waals surface area contributed by atoms with Gasteiger partial charge in [-0.05, 0) is 61.4 Å². The fraction of sp³-hybridized carbons (Fsp3) is 0.167. The van der Waals surface area contributed by atoms with Gasteiger partial charge in [-0.1, -0.05) is 35.9 Å². The first-order valence-electron chi connectivity index (χ1n) is 9.45. The maximum atomic E-state index is 13.5. The van der Waals surface area contributed by atoms with Crippen molar-refractivity contribution in [3.63, 3.8) is 0 Å². The molecule has 0 fully saturated rings. The summed E-state index contributed by atoms with van der Waals surface area (Å²) in [7, 11) is 1.58. The lowest BCUT2D eigenvalue weighted by atomic mass is 10.1. The van der Waals surface area contributed by atoms with Crippen molar-refractivity contribution in [1.82, 2.24) is 9.13 Å². The molecule has 0 bridgehead atoms. The summed E-state index contributed by atoms with van der Waals surface area (Å²) in [5.74, 6) is 0.665. The summed E-state index contributed by atoms with van der Waals surface area (Å²) in [6.45, 7) is 4.45. The van der Waals surface area contributed by atoms with E-state index in [-0.39, 0.29) is 11.2 Å².